The minimum Gasteiger partial charge on any atom is -0.297 e. The molecule has 0 aromatic heterocycles. The molecule has 0 fully saturated rings. The van der Waals surface area contributed by atoms with Gasteiger partial charge in [-0.2, -0.15) is 13.2 Å². The first kappa shape index (κ1) is 23.9. The molecule has 0 aliphatic carbocycles. The molecule has 0 aliphatic heterocycles. The molecule has 4 nitrogen and oxygen atoms in total. The Morgan fingerprint density at radius 3 is 2.14 bits per heavy atom. The molecule has 0 saturated heterocycles. The average molecular weight is 438 g/mol. The number of anilines is 1. The predicted octanol–water partition coefficient (Wildman–Crippen LogP) is 5.45. The number of hydrogen-bond acceptors (Lipinski definition) is 4. The van der Waals surface area contributed by atoms with Crippen molar-refractivity contribution in [3.05, 3.63) is 45.1 Å². The number of halogens is 5. The van der Waals surface area contributed by atoms with Crippen molar-refractivity contribution in [2.75, 3.05) is 4.90 Å². The summed E-state index contributed by atoms with van der Waals surface area (Å²) >= 11 is 6.84. The van der Waals surface area contributed by atoms with Gasteiger partial charge in [0.25, 0.3) is 5.91 Å². The van der Waals surface area contributed by atoms with Crippen LogP contribution in [0.5, 0.6) is 0 Å². The predicted molar refractivity (Wildman–Crippen MR) is 99.7 cm³/mol. The molecule has 0 aliphatic rings. The zero-order chi connectivity index (χ0) is 21.8. The second-order valence-electron chi connectivity index (χ2n) is 5.84. The number of rotatable bonds is 5. The smallest absolute Gasteiger partial charge is 0.297 e. The molecular weight excluding hydrogens is 422 g/mol. The molecule has 28 heavy (non-hydrogen) atoms. The van der Waals surface area contributed by atoms with Gasteiger partial charge in [0.15, 0.2) is 6.29 Å². The molecule has 0 saturated carbocycles. The van der Waals surface area contributed by atoms with Crippen molar-refractivity contribution in [3.8, 4) is 0 Å². The molecule has 0 N–H and O–H groups in total. The number of imide groups is 1. The van der Waals surface area contributed by atoms with Crippen molar-refractivity contribution in [2.45, 2.75) is 38.8 Å². The van der Waals surface area contributed by atoms with Gasteiger partial charge in [-0.15, -0.1) is 0 Å². The van der Waals surface area contributed by atoms with E-state index in [0.29, 0.717) is 18.8 Å². The fraction of sp³-hybridized carbons (Fsp3) is 0.278. The van der Waals surface area contributed by atoms with Gasteiger partial charge in [0.1, 0.15) is 5.82 Å². The van der Waals surface area contributed by atoms with E-state index in [4.69, 9.17) is 11.6 Å². The molecule has 0 spiro atoms. The maximum atomic E-state index is 14.4. The molecule has 0 radical (unpaired) electrons. The van der Waals surface area contributed by atoms with Crippen molar-refractivity contribution >= 4 is 47.2 Å². The van der Waals surface area contributed by atoms with Crippen LogP contribution in [0, 0.1) is 5.82 Å². The summed E-state index contributed by atoms with van der Waals surface area (Å²) in [6, 6.07) is 1.85. The van der Waals surface area contributed by atoms with E-state index in [1.165, 1.54) is 0 Å². The van der Waals surface area contributed by atoms with Gasteiger partial charge in [0.05, 0.1) is 15.6 Å². The van der Waals surface area contributed by atoms with Crippen molar-refractivity contribution in [1.82, 2.24) is 0 Å². The molecule has 1 aromatic carbocycles. The monoisotopic (exact) mass is 437 g/mol. The maximum Gasteiger partial charge on any atom is 0.412 e. The Labute approximate surface area is 168 Å². The summed E-state index contributed by atoms with van der Waals surface area (Å²) in [7, 11) is 0. The number of carbonyl (C=O) groups is 3. The fourth-order valence-electron chi connectivity index (χ4n) is 1.91. The molecule has 0 atom stereocenters. The first-order valence-corrected chi connectivity index (χ1v) is 8.88. The van der Waals surface area contributed by atoms with E-state index in [0.717, 1.165) is 30.8 Å². The van der Waals surface area contributed by atoms with Gasteiger partial charge >= 0.3 is 6.18 Å². The van der Waals surface area contributed by atoms with E-state index in [1.54, 1.807) is 13.8 Å². The van der Waals surface area contributed by atoms with Gasteiger partial charge in [0.2, 0.25) is 5.91 Å². The summed E-state index contributed by atoms with van der Waals surface area (Å²) in [5.41, 5.74) is -1.18. The van der Waals surface area contributed by atoms with Crippen LogP contribution in [0.3, 0.4) is 0 Å². The lowest BCUT2D eigenvalue weighted by atomic mass is 10.2. The first-order valence-electron chi connectivity index (χ1n) is 7.69. The number of carbonyl (C=O) groups excluding carboxylic acids is 3. The van der Waals surface area contributed by atoms with E-state index in [2.05, 4.69) is 0 Å². The van der Waals surface area contributed by atoms with Gasteiger partial charge in [-0.1, -0.05) is 28.9 Å². The van der Waals surface area contributed by atoms with Gasteiger partial charge in [-0.3, -0.25) is 14.4 Å². The Morgan fingerprint density at radius 1 is 1.14 bits per heavy atom. The molecule has 0 unspecified atom stereocenters. The molecule has 0 heterocycles. The van der Waals surface area contributed by atoms with Crippen molar-refractivity contribution in [3.63, 3.8) is 0 Å². The summed E-state index contributed by atoms with van der Waals surface area (Å²) in [6.07, 6.45) is -4.02. The average Bonchev–Trinajstić information content (AvgIpc) is 2.54. The molecule has 0 bridgehead atoms. The lowest BCUT2D eigenvalue weighted by Crippen LogP contribution is -2.35. The van der Waals surface area contributed by atoms with E-state index in [9.17, 15) is 31.9 Å². The van der Waals surface area contributed by atoms with Crippen LogP contribution in [0.1, 0.15) is 27.7 Å². The van der Waals surface area contributed by atoms with Crippen LogP contribution in [-0.4, -0.2) is 24.3 Å². The highest BCUT2D eigenvalue weighted by molar-refractivity contribution is 8.04. The fourth-order valence-corrected chi connectivity index (χ4v) is 2.99. The highest BCUT2D eigenvalue weighted by atomic mass is 35.5. The van der Waals surface area contributed by atoms with Crippen LogP contribution in [0.2, 0.25) is 5.02 Å². The third kappa shape index (κ3) is 5.93. The molecule has 1 aromatic rings. The van der Waals surface area contributed by atoms with Crippen LogP contribution >= 0.6 is 23.4 Å². The normalized spacial score (nSPS) is 11.8. The number of allylic oxidation sites excluding steroid dienone is 3. The molecule has 2 amide bonds. The number of aldehydes is 1. The topological polar surface area (TPSA) is 54.5 Å². The van der Waals surface area contributed by atoms with E-state index >= 15 is 0 Å². The van der Waals surface area contributed by atoms with E-state index in [-0.39, 0.29) is 25.8 Å². The Hall–Kier alpha value is -2.13. The van der Waals surface area contributed by atoms with Crippen LogP contribution in [0.15, 0.2) is 39.2 Å². The second kappa shape index (κ2) is 9.38. The third-order valence-electron chi connectivity index (χ3n) is 3.38. The first-order chi connectivity index (χ1) is 12.8. The number of alkyl halides is 3. The van der Waals surface area contributed by atoms with Gasteiger partial charge in [0, 0.05) is 23.5 Å². The summed E-state index contributed by atoms with van der Waals surface area (Å²) in [4.78, 5) is 36.0. The zero-order valence-corrected chi connectivity index (χ0v) is 16.9. The highest BCUT2D eigenvalue weighted by Gasteiger charge is 2.32. The number of benzene rings is 1. The number of amides is 2. The second-order valence-corrected chi connectivity index (χ2v) is 7.33. The Balaban J connectivity index is 3.51. The Bertz CT molecular complexity index is 874. The SMILES string of the molecule is CC(=O)N(C(=O)/C=C(\C)C(F)(F)F)c1cc(SC(C=O)=C(C)C)c(Cl)cc1F. The highest BCUT2D eigenvalue weighted by Crippen LogP contribution is 2.38. The number of hydrogen-bond donors (Lipinski definition) is 0. The largest absolute Gasteiger partial charge is 0.412 e. The number of nitrogens with zero attached hydrogens (tertiary/aromatic N) is 1. The Kier molecular flexibility index (Phi) is 8.01. The minimum absolute atomic E-state index is 0.0928. The summed E-state index contributed by atoms with van der Waals surface area (Å²) in [5.74, 6) is -3.44. The van der Waals surface area contributed by atoms with Crippen LogP contribution in [-0.2, 0) is 14.4 Å². The lowest BCUT2D eigenvalue weighted by molar-refractivity contribution is -0.123. The molecular formula is C18H16ClF4NO3S. The van der Waals surface area contributed by atoms with Crippen LogP contribution in [0.25, 0.3) is 0 Å². The van der Waals surface area contributed by atoms with E-state index in [1.807, 2.05) is 0 Å². The van der Waals surface area contributed by atoms with Gasteiger partial charge < -0.3 is 0 Å². The van der Waals surface area contributed by atoms with Crippen LogP contribution in [0.4, 0.5) is 23.2 Å². The summed E-state index contributed by atoms with van der Waals surface area (Å²) in [5, 5.41) is -0.0928. The zero-order valence-electron chi connectivity index (χ0n) is 15.3. The van der Waals surface area contributed by atoms with Crippen molar-refractivity contribution in [2.24, 2.45) is 0 Å². The molecule has 152 valence electrons. The summed E-state index contributed by atoms with van der Waals surface area (Å²) in [6.45, 7) is 4.87. The molecule has 1 rings (SSSR count). The lowest BCUT2D eigenvalue weighted by Gasteiger charge is -2.20. The van der Waals surface area contributed by atoms with Crippen LogP contribution < -0.4 is 4.90 Å². The molecule has 10 heteroatoms. The minimum atomic E-state index is -4.78. The van der Waals surface area contributed by atoms with E-state index < -0.39 is 35.1 Å². The van der Waals surface area contributed by atoms with Gasteiger partial charge in [-0.05, 0) is 32.9 Å². The van der Waals surface area contributed by atoms with Gasteiger partial charge in [-0.25, -0.2) is 9.29 Å². The number of thioether (sulfide) groups is 1. The standard InChI is InChI=1S/C18H16ClF4NO3S/c1-9(2)16(8-25)28-15-7-14(13(20)6-12(15)19)24(11(4)26)17(27)5-10(3)18(21,22)23/h5-8H,1-4H3/b10-5+. The Morgan fingerprint density at radius 2 is 1.71 bits per heavy atom. The van der Waals surface area contributed by atoms with Crippen molar-refractivity contribution in [1.29, 1.82) is 0 Å². The third-order valence-corrected chi connectivity index (χ3v) is 5.09. The quantitative estimate of drug-likeness (QED) is 0.266. The van der Waals surface area contributed by atoms with Crippen molar-refractivity contribution < 1.29 is 31.9 Å². The summed E-state index contributed by atoms with van der Waals surface area (Å²) < 4.78 is 52.4. The maximum absolute atomic E-state index is 14.4.